The van der Waals surface area contributed by atoms with E-state index >= 15 is 0 Å². The maximum atomic E-state index is 12.5. The van der Waals surface area contributed by atoms with Crippen molar-refractivity contribution in [1.82, 2.24) is 9.55 Å². The smallest absolute Gasteiger partial charge is 0.387 e. The second kappa shape index (κ2) is 7.56. The summed E-state index contributed by atoms with van der Waals surface area (Å²) in [6, 6.07) is 3.87. The van der Waals surface area contributed by atoms with Crippen molar-refractivity contribution in [2.75, 3.05) is 36.0 Å². The standard InChI is InChI=1S/C16H17F2N5O4/c1-20-5-4-19-14(15(20)24)22-8-6-21(7-9-22)11-2-3-12(23(25)26)13(10-11)27-16(17)18/h2-5,10,16H,6-9H2,1H3. The number of anilines is 2. The van der Waals surface area contributed by atoms with Gasteiger partial charge in [0.2, 0.25) is 5.75 Å². The van der Waals surface area contributed by atoms with E-state index in [2.05, 4.69) is 9.72 Å². The van der Waals surface area contributed by atoms with Crippen molar-refractivity contribution in [2.45, 2.75) is 6.61 Å². The van der Waals surface area contributed by atoms with Gasteiger partial charge in [0, 0.05) is 63.4 Å². The number of nitro benzene ring substituents is 1. The van der Waals surface area contributed by atoms with Gasteiger partial charge in [-0.2, -0.15) is 8.78 Å². The van der Waals surface area contributed by atoms with E-state index in [9.17, 15) is 23.7 Å². The van der Waals surface area contributed by atoms with Crippen LogP contribution in [0.5, 0.6) is 5.75 Å². The highest BCUT2D eigenvalue weighted by atomic mass is 19.3. The predicted octanol–water partition coefficient (Wildman–Crippen LogP) is 1.62. The monoisotopic (exact) mass is 381 g/mol. The number of hydrogen-bond acceptors (Lipinski definition) is 7. The first-order chi connectivity index (χ1) is 12.9. The summed E-state index contributed by atoms with van der Waals surface area (Å²) in [6.45, 7) is -1.18. The van der Waals surface area contributed by atoms with Crippen molar-refractivity contribution < 1.29 is 18.4 Å². The van der Waals surface area contributed by atoms with Crippen LogP contribution in [0.1, 0.15) is 0 Å². The molecule has 9 nitrogen and oxygen atoms in total. The van der Waals surface area contributed by atoms with Crippen LogP contribution in [0.15, 0.2) is 35.4 Å². The fraction of sp³-hybridized carbons (Fsp3) is 0.375. The largest absolute Gasteiger partial charge is 0.427 e. The van der Waals surface area contributed by atoms with Gasteiger partial charge in [-0.05, 0) is 6.07 Å². The number of piperazine rings is 1. The Balaban J connectivity index is 1.77. The number of alkyl halides is 2. The molecule has 1 aromatic carbocycles. The van der Waals surface area contributed by atoms with Crippen molar-refractivity contribution in [3.05, 3.63) is 51.1 Å². The molecule has 0 aliphatic carbocycles. The Morgan fingerprint density at radius 1 is 1.22 bits per heavy atom. The van der Waals surface area contributed by atoms with Crippen LogP contribution in [-0.4, -0.2) is 47.3 Å². The number of aromatic nitrogens is 2. The molecular formula is C16H17F2N5O4. The molecule has 0 amide bonds. The Morgan fingerprint density at radius 2 is 1.89 bits per heavy atom. The van der Waals surface area contributed by atoms with Gasteiger partial charge in [-0.3, -0.25) is 14.9 Å². The van der Waals surface area contributed by atoms with Crippen molar-refractivity contribution in [2.24, 2.45) is 7.05 Å². The lowest BCUT2D eigenvalue weighted by Gasteiger charge is -2.36. The third kappa shape index (κ3) is 3.96. The van der Waals surface area contributed by atoms with Crippen LogP contribution in [0.2, 0.25) is 0 Å². The number of hydrogen-bond donors (Lipinski definition) is 0. The minimum absolute atomic E-state index is 0.200. The third-order valence-corrected chi connectivity index (χ3v) is 4.30. The van der Waals surface area contributed by atoms with Gasteiger partial charge in [0.25, 0.3) is 5.56 Å². The number of nitrogens with zero attached hydrogens (tertiary/aromatic N) is 5. The molecule has 0 saturated carbocycles. The van der Waals surface area contributed by atoms with Gasteiger partial charge in [-0.15, -0.1) is 0 Å². The Morgan fingerprint density at radius 3 is 2.52 bits per heavy atom. The van der Waals surface area contributed by atoms with Crippen LogP contribution in [0.4, 0.5) is 26.0 Å². The number of rotatable bonds is 5. The van der Waals surface area contributed by atoms with Gasteiger partial charge in [-0.1, -0.05) is 0 Å². The fourth-order valence-corrected chi connectivity index (χ4v) is 2.92. The zero-order chi connectivity index (χ0) is 19.6. The van der Waals surface area contributed by atoms with Gasteiger partial charge in [0.15, 0.2) is 5.82 Å². The molecule has 0 N–H and O–H groups in total. The van der Waals surface area contributed by atoms with Crippen molar-refractivity contribution in [3.8, 4) is 5.75 Å². The lowest BCUT2D eigenvalue weighted by molar-refractivity contribution is -0.386. The summed E-state index contributed by atoms with van der Waals surface area (Å²) in [5.41, 5.74) is -0.187. The van der Waals surface area contributed by atoms with E-state index in [0.29, 0.717) is 37.7 Å². The molecule has 11 heteroatoms. The summed E-state index contributed by atoms with van der Waals surface area (Å²) in [5, 5.41) is 11.0. The molecule has 3 rings (SSSR count). The van der Waals surface area contributed by atoms with E-state index in [-0.39, 0.29) is 5.56 Å². The van der Waals surface area contributed by atoms with Gasteiger partial charge >= 0.3 is 12.3 Å². The molecule has 1 saturated heterocycles. The van der Waals surface area contributed by atoms with E-state index in [1.54, 1.807) is 19.4 Å². The van der Waals surface area contributed by atoms with Crippen LogP contribution >= 0.6 is 0 Å². The molecule has 0 unspecified atom stereocenters. The summed E-state index contributed by atoms with van der Waals surface area (Å²) < 4.78 is 30.8. The first kappa shape index (κ1) is 18.5. The van der Waals surface area contributed by atoms with Gasteiger partial charge in [0.1, 0.15) is 0 Å². The Kier molecular flexibility index (Phi) is 5.19. The molecule has 1 aliphatic rings. The minimum atomic E-state index is -3.16. The van der Waals surface area contributed by atoms with Crippen LogP contribution in [0, 0.1) is 10.1 Å². The third-order valence-electron chi connectivity index (χ3n) is 4.30. The van der Waals surface area contributed by atoms with Gasteiger partial charge < -0.3 is 19.1 Å². The van der Waals surface area contributed by atoms with E-state index in [4.69, 9.17) is 0 Å². The van der Waals surface area contributed by atoms with E-state index in [1.165, 1.54) is 16.7 Å². The van der Waals surface area contributed by atoms with Crippen LogP contribution in [0.3, 0.4) is 0 Å². The van der Waals surface area contributed by atoms with Crippen LogP contribution < -0.4 is 20.1 Å². The molecule has 0 radical (unpaired) electrons. The molecule has 144 valence electrons. The molecule has 0 spiro atoms. The van der Waals surface area contributed by atoms with Crippen molar-refractivity contribution in [1.29, 1.82) is 0 Å². The van der Waals surface area contributed by atoms with E-state index in [1.807, 2.05) is 9.80 Å². The SMILES string of the molecule is Cn1ccnc(N2CCN(c3ccc([N+](=O)[O-])c(OC(F)F)c3)CC2)c1=O. The van der Waals surface area contributed by atoms with Crippen molar-refractivity contribution >= 4 is 17.2 Å². The van der Waals surface area contributed by atoms with Gasteiger partial charge in [-0.25, -0.2) is 4.98 Å². The lowest BCUT2D eigenvalue weighted by atomic mass is 10.2. The maximum Gasteiger partial charge on any atom is 0.387 e. The number of benzene rings is 1. The average Bonchev–Trinajstić information content (AvgIpc) is 2.63. The summed E-state index contributed by atoms with van der Waals surface area (Å²) in [6.07, 6.45) is 3.12. The second-order valence-electron chi connectivity index (χ2n) is 5.93. The average molecular weight is 381 g/mol. The quantitative estimate of drug-likeness (QED) is 0.574. The maximum absolute atomic E-state index is 12.5. The zero-order valence-electron chi connectivity index (χ0n) is 14.4. The number of nitro groups is 1. The molecular weight excluding hydrogens is 364 g/mol. The summed E-state index contributed by atoms with van der Waals surface area (Å²) in [5.74, 6) is -0.126. The first-order valence-electron chi connectivity index (χ1n) is 8.11. The topological polar surface area (TPSA) is 93.7 Å². The normalized spacial score (nSPS) is 14.5. The molecule has 2 heterocycles. The Bertz CT molecular complexity index is 897. The zero-order valence-corrected chi connectivity index (χ0v) is 14.4. The summed E-state index contributed by atoms with van der Waals surface area (Å²) in [4.78, 5) is 30.2. The molecule has 1 aromatic heterocycles. The van der Waals surface area contributed by atoms with Gasteiger partial charge in [0.05, 0.1) is 4.92 Å². The minimum Gasteiger partial charge on any atom is -0.427 e. The number of ether oxygens (including phenoxy) is 1. The first-order valence-corrected chi connectivity index (χ1v) is 8.11. The molecule has 0 bridgehead atoms. The molecule has 1 aliphatic heterocycles. The Hall–Kier alpha value is -3.24. The van der Waals surface area contributed by atoms with E-state index in [0.717, 1.165) is 6.07 Å². The Labute approximate surface area is 152 Å². The van der Waals surface area contributed by atoms with Crippen molar-refractivity contribution in [3.63, 3.8) is 0 Å². The second-order valence-corrected chi connectivity index (χ2v) is 5.93. The highest BCUT2D eigenvalue weighted by molar-refractivity contribution is 5.60. The predicted molar refractivity (Wildman–Crippen MR) is 93.6 cm³/mol. The fourth-order valence-electron chi connectivity index (χ4n) is 2.92. The molecule has 0 atom stereocenters. The summed E-state index contributed by atoms with van der Waals surface area (Å²) >= 11 is 0. The molecule has 2 aromatic rings. The lowest BCUT2D eigenvalue weighted by Crippen LogP contribution is -2.48. The number of halogens is 2. The van der Waals surface area contributed by atoms with Crippen LogP contribution in [-0.2, 0) is 7.05 Å². The molecule has 27 heavy (non-hydrogen) atoms. The van der Waals surface area contributed by atoms with Crippen LogP contribution in [0.25, 0.3) is 0 Å². The molecule has 1 fully saturated rings. The van der Waals surface area contributed by atoms with E-state index < -0.39 is 23.0 Å². The highest BCUT2D eigenvalue weighted by Gasteiger charge is 2.24. The highest BCUT2D eigenvalue weighted by Crippen LogP contribution is 2.33. The summed E-state index contributed by atoms with van der Waals surface area (Å²) in [7, 11) is 1.64. The number of aryl methyl sites for hydroxylation is 1.